The molecule has 1 aromatic heterocycles. The largest absolute Gasteiger partial charge is 0.416 e. The molecule has 0 saturated carbocycles. The van der Waals surface area contributed by atoms with Gasteiger partial charge in [0.05, 0.1) is 16.6 Å². The fourth-order valence-corrected chi connectivity index (χ4v) is 5.32. The van der Waals surface area contributed by atoms with Gasteiger partial charge in [-0.15, -0.1) is 0 Å². The number of likely N-dealkylation sites (tertiary alicyclic amines) is 1. The van der Waals surface area contributed by atoms with Gasteiger partial charge in [0.2, 0.25) is 0 Å². The monoisotopic (exact) mass is 513 g/mol. The highest BCUT2D eigenvalue weighted by Gasteiger charge is 2.31. The molecule has 2 atom stereocenters. The number of nitrogens with zero attached hydrogens (tertiary/aromatic N) is 3. The number of piperidine rings is 1. The summed E-state index contributed by atoms with van der Waals surface area (Å²) in [4.78, 5) is 20.5. The van der Waals surface area contributed by atoms with E-state index in [0.717, 1.165) is 31.5 Å². The van der Waals surface area contributed by atoms with Crippen LogP contribution >= 0.6 is 0 Å². The Morgan fingerprint density at radius 2 is 1.76 bits per heavy atom. The minimum atomic E-state index is -4.52. The number of fused-ring (bicyclic) bond motifs is 1. The lowest BCUT2D eigenvalue weighted by atomic mass is 9.97. The first-order valence-corrected chi connectivity index (χ1v) is 12.9. The molecule has 0 spiro atoms. The molecular formula is C28H34F3N5O. The number of benzene rings is 2. The molecule has 0 amide bonds. The molecule has 9 heteroatoms. The number of nitrogens with two attached hydrogens (primary N) is 1. The zero-order valence-electron chi connectivity index (χ0n) is 21.3. The topological polar surface area (TPSA) is 88.0 Å². The molecule has 0 unspecified atom stereocenters. The van der Waals surface area contributed by atoms with Crippen LogP contribution < -0.4 is 11.3 Å². The van der Waals surface area contributed by atoms with Gasteiger partial charge < -0.3 is 10.3 Å². The number of nitrogen functional groups attached to an aromatic ring is 1. The highest BCUT2D eigenvalue weighted by atomic mass is 19.4. The fraction of sp³-hybridized carbons (Fsp3) is 0.464. The summed E-state index contributed by atoms with van der Waals surface area (Å²) in [6.07, 6.45) is 1.64. The number of unbranched alkanes of at least 4 members (excludes halogenated alkanes) is 2. The Morgan fingerprint density at radius 1 is 1.05 bits per heavy atom. The zero-order chi connectivity index (χ0) is 26.7. The van der Waals surface area contributed by atoms with E-state index in [1.54, 1.807) is 24.3 Å². The van der Waals surface area contributed by atoms with Crippen LogP contribution in [0.1, 0.15) is 63.5 Å². The van der Waals surface area contributed by atoms with E-state index in [4.69, 9.17) is 11.1 Å². The van der Waals surface area contributed by atoms with Crippen molar-refractivity contribution in [1.29, 1.82) is 5.41 Å². The Labute approximate surface area is 214 Å². The van der Waals surface area contributed by atoms with Crippen molar-refractivity contribution in [3.8, 4) is 11.3 Å². The maximum Gasteiger partial charge on any atom is 0.416 e. The molecule has 6 nitrogen and oxygen atoms in total. The molecule has 198 valence electrons. The van der Waals surface area contributed by atoms with Crippen LogP contribution in [-0.2, 0) is 12.7 Å². The van der Waals surface area contributed by atoms with E-state index in [1.165, 1.54) is 29.9 Å². The van der Waals surface area contributed by atoms with Crippen LogP contribution in [0.3, 0.4) is 0 Å². The first-order valence-electron chi connectivity index (χ1n) is 12.9. The summed E-state index contributed by atoms with van der Waals surface area (Å²) in [5.41, 5.74) is 5.88. The van der Waals surface area contributed by atoms with Gasteiger partial charge in [0.25, 0.3) is 5.56 Å². The van der Waals surface area contributed by atoms with E-state index in [2.05, 4.69) is 23.7 Å². The van der Waals surface area contributed by atoms with E-state index in [9.17, 15) is 18.0 Å². The standard InChI is InChI=1S/C28H34F3N5O/c1-18-8-6-9-19(2)35(18)14-4-3-5-15-36-24-17-22(28(29,30)31)12-13-23(24)34-25(27(36)37)20-10-7-11-21(16-20)26(32)33/h7,10-13,16-19H,3-6,8-9,14-15H2,1-2H3,(H3,32,33)/t18-,19+. The number of aryl methyl sites for hydroxylation is 1. The average Bonchev–Trinajstić information content (AvgIpc) is 2.85. The number of alkyl halides is 3. The Bertz CT molecular complexity index is 1320. The molecule has 0 bridgehead atoms. The van der Waals surface area contributed by atoms with Crippen LogP contribution in [0.2, 0.25) is 0 Å². The van der Waals surface area contributed by atoms with Crippen molar-refractivity contribution >= 4 is 16.9 Å². The van der Waals surface area contributed by atoms with Gasteiger partial charge >= 0.3 is 6.18 Å². The number of amidine groups is 1. The van der Waals surface area contributed by atoms with Gasteiger partial charge in [0.1, 0.15) is 11.5 Å². The molecule has 1 aliphatic heterocycles. The summed E-state index contributed by atoms with van der Waals surface area (Å²) >= 11 is 0. The number of hydrogen-bond acceptors (Lipinski definition) is 4. The first kappa shape index (κ1) is 26.9. The first-order chi connectivity index (χ1) is 17.6. The summed E-state index contributed by atoms with van der Waals surface area (Å²) in [7, 11) is 0. The molecule has 2 heterocycles. The van der Waals surface area contributed by atoms with E-state index in [0.29, 0.717) is 41.7 Å². The van der Waals surface area contributed by atoms with Gasteiger partial charge in [-0.05, 0) is 70.3 Å². The molecule has 0 aliphatic carbocycles. The second-order valence-corrected chi connectivity index (χ2v) is 10.0. The SMILES string of the molecule is C[C@@H]1CCC[C@H](C)N1CCCCCn1c(=O)c(-c2cccc(C(=N)N)c2)nc2ccc(C(F)(F)F)cc21. The van der Waals surface area contributed by atoms with Gasteiger partial charge in [0, 0.05) is 29.8 Å². The van der Waals surface area contributed by atoms with Gasteiger partial charge in [0.15, 0.2) is 0 Å². The highest BCUT2D eigenvalue weighted by Crippen LogP contribution is 2.31. The van der Waals surface area contributed by atoms with Gasteiger partial charge in [-0.2, -0.15) is 13.2 Å². The summed E-state index contributed by atoms with van der Waals surface area (Å²) < 4.78 is 41.8. The number of aromatic nitrogens is 2. The molecule has 37 heavy (non-hydrogen) atoms. The van der Waals surface area contributed by atoms with Crippen molar-refractivity contribution in [2.75, 3.05) is 6.54 Å². The lowest BCUT2D eigenvalue weighted by Gasteiger charge is -2.39. The lowest BCUT2D eigenvalue weighted by Crippen LogP contribution is -2.44. The zero-order valence-corrected chi connectivity index (χ0v) is 21.3. The maximum atomic E-state index is 13.5. The minimum absolute atomic E-state index is 0.131. The van der Waals surface area contributed by atoms with E-state index in [-0.39, 0.29) is 17.0 Å². The second kappa shape index (κ2) is 11.0. The van der Waals surface area contributed by atoms with Crippen molar-refractivity contribution < 1.29 is 13.2 Å². The third kappa shape index (κ3) is 6.04. The van der Waals surface area contributed by atoms with Crippen LogP contribution in [0.15, 0.2) is 47.3 Å². The molecular weight excluding hydrogens is 479 g/mol. The summed E-state index contributed by atoms with van der Waals surface area (Å²) in [6, 6.07) is 11.1. The van der Waals surface area contributed by atoms with E-state index < -0.39 is 17.3 Å². The number of halogens is 3. The molecule has 3 N–H and O–H groups in total. The number of nitrogens with one attached hydrogen (secondary N) is 1. The molecule has 0 radical (unpaired) electrons. The van der Waals surface area contributed by atoms with Crippen LogP contribution in [0.4, 0.5) is 13.2 Å². The fourth-order valence-electron chi connectivity index (χ4n) is 5.32. The van der Waals surface area contributed by atoms with Crippen molar-refractivity contribution in [3.05, 3.63) is 63.9 Å². The van der Waals surface area contributed by atoms with Crippen LogP contribution in [0.25, 0.3) is 22.3 Å². The Morgan fingerprint density at radius 3 is 2.43 bits per heavy atom. The van der Waals surface area contributed by atoms with Gasteiger partial charge in [-0.3, -0.25) is 15.1 Å². The molecule has 3 aromatic rings. The molecule has 2 aromatic carbocycles. The lowest BCUT2D eigenvalue weighted by molar-refractivity contribution is -0.137. The van der Waals surface area contributed by atoms with E-state index in [1.807, 2.05) is 0 Å². The minimum Gasteiger partial charge on any atom is -0.384 e. The Kier molecular flexibility index (Phi) is 8.02. The predicted molar refractivity (Wildman–Crippen MR) is 141 cm³/mol. The normalized spacial score (nSPS) is 18.8. The molecule has 4 rings (SSSR count). The van der Waals surface area contributed by atoms with Crippen molar-refractivity contribution in [3.63, 3.8) is 0 Å². The third-order valence-electron chi connectivity index (χ3n) is 7.39. The average molecular weight is 514 g/mol. The van der Waals surface area contributed by atoms with Gasteiger partial charge in [-0.1, -0.05) is 31.0 Å². The summed E-state index contributed by atoms with van der Waals surface area (Å²) in [5, 5.41) is 7.70. The quantitative estimate of drug-likeness (QED) is 0.226. The second-order valence-electron chi connectivity index (χ2n) is 10.0. The molecule has 1 fully saturated rings. The predicted octanol–water partition coefficient (Wildman–Crippen LogP) is 5.80. The molecule has 1 saturated heterocycles. The number of hydrogen-bond donors (Lipinski definition) is 2. The van der Waals surface area contributed by atoms with Crippen LogP contribution in [-0.4, -0.2) is 38.9 Å². The number of rotatable bonds is 8. The van der Waals surface area contributed by atoms with Crippen molar-refractivity contribution in [1.82, 2.24) is 14.5 Å². The maximum absolute atomic E-state index is 13.5. The summed E-state index contributed by atoms with van der Waals surface area (Å²) in [5.74, 6) is -0.143. The van der Waals surface area contributed by atoms with Gasteiger partial charge in [-0.25, -0.2) is 4.98 Å². The van der Waals surface area contributed by atoms with Crippen molar-refractivity contribution in [2.24, 2.45) is 5.73 Å². The highest BCUT2D eigenvalue weighted by molar-refractivity contribution is 5.96. The smallest absolute Gasteiger partial charge is 0.384 e. The summed E-state index contributed by atoms with van der Waals surface area (Å²) in [6.45, 7) is 5.80. The van der Waals surface area contributed by atoms with E-state index >= 15 is 0 Å². The Balaban J connectivity index is 1.63. The van der Waals surface area contributed by atoms with Crippen LogP contribution in [0, 0.1) is 5.41 Å². The molecule has 1 aliphatic rings. The Hall–Kier alpha value is -3.20. The van der Waals surface area contributed by atoms with Crippen LogP contribution in [0.5, 0.6) is 0 Å². The van der Waals surface area contributed by atoms with Crippen molar-refractivity contribution in [2.45, 2.75) is 77.2 Å². The third-order valence-corrected chi connectivity index (χ3v) is 7.39.